The zero-order valence-corrected chi connectivity index (χ0v) is 15.6. The summed E-state index contributed by atoms with van der Waals surface area (Å²) in [4.78, 5) is 12.4. The van der Waals surface area contributed by atoms with Gasteiger partial charge in [-0.3, -0.25) is 4.79 Å². The van der Waals surface area contributed by atoms with Gasteiger partial charge in [0.25, 0.3) is 5.91 Å². The Morgan fingerprint density at radius 3 is 2.14 bits per heavy atom. The van der Waals surface area contributed by atoms with Crippen molar-refractivity contribution in [2.45, 2.75) is 0 Å². The maximum Gasteiger partial charge on any atom is 0.255 e. The summed E-state index contributed by atoms with van der Waals surface area (Å²) in [6, 6.07) is 22.1. The van der Waals surface area contributed by atoms with Gasteiger partial charge >= 0.3 is 0 Å². The maximum atomic E-state index is 13.3. The van der Waals surface area contributed by atoms with E-state index >= 15 is 0 Å². The number of allylic oxidation sites excluding steroid dienone is 2. The van der Waals surface area contributed by atoms with Gasteiger partial charge in [-0.1, -0.05) is 42.5 Å². The van der Waals surface area contributed by atoms with E-state index in [4.69, 9.17) is 11.5 Å². The molecule has 6 N–H and O–H groups in total. The smallest absolute Gasteiger partial charge is 0.255 e. The average molecular weight is 388 g/mol. The lowest BCUT2D eigenvalue weighted by atomic mass is 10.1. The minimum absolute atomic E-state index is 0.352. The fraction of sp³-hybridized carbons (Fsp3) is 0. The quantitative estimate of drug-likeness (QED) is 0.474. The summed E-state index contributed by atoms with van der Waals surface area (Å²) in [5.74, 6) is -0.402. The topological polar surface area (TPSA) is 93.2 Å². The molecule has 0 fully saturated rings. The third-order valence-corrected chi connectivity index (χ3v) is 4.05. The molecule has 146 valence electrons. The molecule has 0 aliphatic heterocycles. The molecule has 6 heteroatoms. The highest BCUT2D eigenvalue weighted by Gasteiger charge is 2.07. The lowest BCUT2D eigenvalue weighted by Gasteiger charge is -2.09. The zero-order chi connectivity index (χ0) is 20.6. The van der Waals surface area contributed by atoms with Gasteiger partial charge in [0.05, 0.1) is 0 Å². The van der Waals surface area contributed by atoms with Crippen molar-refractivity contribution >= 4 is 23.0 Å². The van der Waals surface area contributed by atoms with Gasteiger partial charge in [0.1, 0.15) is 11.6 Å². The van der Waals surface area contributed by atoms with Gasteiger partial charge < -0.3 is 22.1 Å². The summed E-state index contributed by atoms with van der Waals surface area (Å²) >= 11 is 0. The zero-order valence-electron chi connectivity index (χ0n) is 15.6. The molecule has 5 nitrogen and oxygen atoms in total. The van der Waals surface area contributed by atoms with Gasteiger partial charge in [-0.25, -0.2) is 4.39 Å². The number of carbonyl (C=O) groups excluding carboxylic acids is 1. The molecule has 3 aromatic carbocycles. The van der Waals surface area contributed by atoms with Crippen molar-refractivity contribution < 1.29 is 9.18 Å². The van der Waals surface area contributed by atoms with Crippen LogP contribution in [0, 0.1) is 5.82 Å². The van der Waals surface area contributed by atoms with Gasteiger partial charge in [-0.2, -0.15) is 0 Å². The average Bonchev–Trinajstić information content (AvgIpc) is 2.73. The fourth-order valence-electron chi connectivity index (χ4n) is 2.62. The second kappa shape index (κ2) is 9.23. The summed E-state index contributed by atoms with van der Waals surface area (Å²) in [6.07, 6.45) is 3.36. The van der Waals surface area contributed by atoms with Crippen molar-refractivity contribution in [2.75, 3.05) is 10.6 Å². The first-order valence-corrected chi connectivity index (χ1v) is 8.93. The number of benzene rings is 3. The first-order chi connectivity index (χ1) is 14.0. The molecular weight excluding hydrogens is 367 g/mol. The van der Waals surface area contributed by atoms with E-state index in [0.717, 1.165) is 5.56 Å². The lowest BCUT2D eigenvalue weighted by molar-refractivity contribution is 0.102. The summed E-state index contributed by atoms with van der Waals surface area (Å²) in [5.41, 5.74) is 15.0. The second-order valence-corrected chi connectivity index (χ2v) is 6.28. The molecule has 0 aromatic heterocycles. The van der Waals surface area contributed by atoms with E-state index in [1.54, 1.807) is 42.5 Å². The standard InChI is InChI=1S/C23H21FN4O/c24-18-9-5-11-20(15-18)28-23(29)17-8-4-10-19(14-17)27-22(26)13-12-21(25)16-6-2-1-3-7-16/h1-15,27H,25-26H2,(H,28,29)/b21-12-,22-13+. The normalized spacial score (nSPS) is 11.8. The Labute approximate surface area is 168 Å². The highest BCUT2D eigenvalue weighted by molar-refractivity contribution is 6.04. The molecule has 0 saturated heterocycles. The highest BCUT2D eigenvalue weighted by atomic mass is 19.1. The van der Waals surface area contributed by atoms with Crippen molar-refractivity contribution in [3.63, 3.8) is 0 Å². The number of hydrogen-bond donors (Lipinski definition) is 4. The molecule has 0 spiro atoms. The first kappa shape index (κ1) is 19.7. The van der Waals surface area contributed by atoms with Crippen LogP contribution in [0.15, 0.2) is 96.8 Å². The van der Waals surface area contributed by atoms with E-state index in [9.17, 15) is 9.18 Å². The van der Waals surface area contributed by atoms with Crippen LogP contribution in [0.5, 0.6) is 0 Å². The summed E-state index contributed by atoms with van der Waals surface area (Å²) in [5, 5.41) is 5.67. The van der Waals surface area contributed by atoms with Crippen molar-refractivity contribution in [1.82, 2.24) is 0 Å². The molecule has 29 heavy (non-hydrogen) atoms. The molecule has 3 rings (SSSR count). The number of halogens is 1. The Morgan fingerprint density at radius 2 is 1.41 bits per heavy atom. The highest BCUT2D eigenvalue weighted by Crippen LogP contribution is 2.15. The SMILES string of the molecule is N/C(=C\C=C(/N)Nc1cccc(C(=O)Nc2cccc(F)c2)c1)c1ccccc1. The van der Waals surface area contributed by atoms with Crippen molar-refractivity contribution in [2.24, 2.45) is 11.5 Å². The Kier molecular flexibility index (Phi) is 6.27. The molecule has 0 aliphatic rings. The predicted molar refractivity (Wildman–Crippen MR) is 115 cm³/mol. The third kappa shape index (κ3) is 5.71. The molecule has 0 atom stereocenters. The Morgan fingerprint density at radius 1 is 0.759 bits per heavy atom. The van der Waals surface area contributed by atoms with Crippen LogP contribution in [-0.4, -0.2) is 5.91 Å². The van der Waals surface area contributed by atoms with Gasteiger partial charge in [0.2, 0.25) is 0 Å². The van der Waals surface area contributed by atoms with Crippen LogP contribution in [0.2, 0.25) is 0 Å². The van der Waals surface area contributed by atoms with E-state index in [-0.39, 0.29) is 5.91 Å². The van der Waals surface area contributed by atoms with Crippen LogP contribution >= 0.6 is 0 Å². The van der Waals surface area contributed by atoms with Crippen LogP contribution in [0.1, 0.15) is 15.9 Å². The van der Waals surface area contributed by atoms with E-state index in [1.807, 2.05) is 30.3 Å². The Balaban J connectivity index is 1.68. The minimum Gasteiger partial charge on any atom is -0.398 e. The molecule has 0 aliphatic carbocycles. The number of rotatable bonds is 6. The molecule has 0 saturated carbocycles. The number of amides is 1. The molecule has 0 heterocycles. The van der Waals surface area contributed by atoms with Crippen LogP contribution < -0.4 is 22.1 Å². The summed E-state index contributed by atoms with van der Waals surface area (Å²) in [6.45, 7) is 0. The molecule has 1 amide bonds. The summed E-state index contributed by atoms with van der Waals surface area (Å²) < 4.78 is 13.3. The monoisotopic (exact) mass is 388 g/mol. The van der Waals surface area contributed by atoms with Gasteiger partial charge in [-0.15, -0.1) is 0 Å². The number of hydrogen-bond acceptors (Lipinski definition) is 4. The second-order valence-electron chi connectivity index (χ2n) is 6.28. The predicted octanol–water partition coefficient (Wildman–Crippen LogP) is 4.29. The van der Waals surface area contributed by atoms with Crippen LogP contribution in [-0.2, 0) is 0 Å². The number of nitrogens with two attached hydrogens (primary N) is 2. The van der Waals surface area contributed by atoms with Crippen molar-refractivity contribution in [1.29, 1.82) is 0 Å². The van der Waals surface area contributed by atoms with E-state index in [0.29, 0.717) is 28.5 Å². The lowest BCUT2D eigenvalue weighted by Crippen LogP contribution is -2.13. The molecule has 0 radical (unpaired) electrons. The minimum atomic E-state index is -0.418. The Hall–Kier alpha value is -4.06. The molecule has 3 aromatic rings. The van der Waals surface area contributed by atoms with Crippen LogP contribution in [0.25, 0.3) is 5.70 Å². The first-order valence-electron chi connectivity index (χ1n) is 8.93. The third-order valence-electron chi connectivity index (χ3n) is 4.05. The molecule has 0 bridgehead atoms. The molecule has 0 unspecified atom stereocenters. The summed E-state index contributed by atoms with van der Waals surface area (Å²) in [7, 11) is 0. The van der Waals surface area contributed by atoms with E-state index in [2.05, 4.69) is 10.6 Å². The van der Waals surface area contributed by atoms with Crippen LogP contribution in [0.4, 0.5) is 15.8 Å². The largest absolute Gasteiger partial charge is 0.398 e. The number of nitrogens with one attached hydrogen (secondary N) is 2. The molecular formula is C23H21FN4O. The Bertz CT molecular complexity index is 1060. The number of anilines is 2. The van der Waals surface area contributed by atoms with Crippen LogP contribution in [0.3, 0.4) is 0 Å². The van der Waals surface area contributed by atoms with Crippen molar-refractivity contribution in [3.8, 4) is 0 Å². The number of carbonyl (C=O) groups is 1. The van der Waals surface area contributed by atoms with E-state index in [1.165, 1.54) is 18.2 Å². The fourth-order valence-corrected chi connectivity index (χ4v) is 2.62. The van der Waals surface area contributed by atoms with Crippen molar-refractivity contribution in [3.05, 3.63) is 114 Å². The maximum absolute atomic E-state index is 13.3. The van der Waals surface area contributed by atoms with Gasteiger partial charge in [0, 0.05) is 22.6 Å². The van der Waals surface area contributed by atoms with Gasteiger partial charge in [0.15, 0.2) is 0 Å². The van der Waals surface area contributed by atoms with Gasteiger partial charge in [-0.05, 0) is 54.1 Å². The van der Waals surface area contributed by atoms with E-state index < -0.39 is 5.82 Å².